The van der Waals surface area contributed by atoms with E-state index in [0.717, 1.165) is 6.42 Å². The summed E-state index contributed by atoms with van der Waals surface area (Å²) in [6, 6.07) is 0.0461. The molecule has 0 radical (unpaired) electrons. The largest absolute Gasteiger partial charge is 0.372 e. The molecular weight excluding hydrogens is 204 g/mol. The van der Waals surface area contributed by atoms with Crippen LogP contribution < -0.4 is 5.73 Å². The molecule has 0 bridgehead atoms. The minimum Gasteiger partial charge on any atom is -0.372 e. The maximum Gasteiger partial charge on any atom is 0.229 e. The van der Waals surface area contributed by atoms with Gasteiger partial charge < -0.3 is 15.4 Å². The summed E-state index contributed by atoms with van der Waals surface area (Å²) in [4.78, 5) is 14.1. The first kappa shape index (κ1) is 11.6. The fourth-order valence-corrected chi connectivity index (χ4v) is 2.50. The summed E-state index contributed by atoms with van der Waals surface area (Å²) in [7, 11) is 0. The van der Waals surface area contributed by atoms with Gasteiger partial charge in [0.1, 0.15) is 0 Å². The quantitative estimate of drug-likeness (QED) is 0.661. The van der Waals surface area contributed by atoms with Gasteiger partial charge in [-0.15, -0.1) is 0 Å². The van der Waals surface area contributed by atoms with Crippen molar-refractivity contribution in [3.05, 3.63) is 12.2 Å². The van der Waals surface area contributed by atoms with Gasteiger partial charge in [-0.2, -0.15) is 0 Å². The van der Waals surface area contributed by atoms with E-state index in [1.54, 1.807) is 0 Å². The van der Waals surface area contributed by atoms with Crippen molar-refractivity contribution in [2.75, 3.05) is 13.1 Å². The average molecular weight is 224 g/mol. The van der Waals surface area contributed by atoms with Crippen LogP contribution in [-0.4, -0.2) is 42.1 Å². The molecule has 0 aromatic heterocycles. The fourth-order valence-electron chi connectivity index (χ4n) is 2.50. The van der Waals surface area contributed by atoms with Crippen LogP contribution in [-0.2, 0) is 9.53 Å². The molecule has 0 saturated carbocycles. The first-order valence-corrected chi connectivity index (χ1v) is 5.94. The molecule has 90 valence electrons. The highest BCUT2D eigenvalue weighted by molar-refractivity contribution is 5.81. The Hall–Kier alpha value is -0.870. The van der Waals surface area contributed by atoms with Crippen molar-refractivity contribution in [3.63, 3.8) is 0 Å². The van der Waals surface area contributed by atoms with E-state index in [1.165, 1.54) is 0 Å². The molecule has 1 amide bonds. The molecule has 2 N–H and O–H groups in total. The predicted molar refractivity (Wildman–Crippen MR) is 61.8 cm³/mol. The van der Waals surface area contributed by atoms with E-state index in [9.17, 15) is 4.79 Å². The van der Waals surface area contributed by atoms with E-state index in [0.29, 0.717) is 13.1 Å². The summed E-state index contributed by atoms with van der Waals surface area (Å²) in [5.74, 6) is 0.179. The van der Waals surface area contributed by atoms with Crippen LogP contribution in [0.25, 0.3) is 0 Å². The van der Waals surface area contributed by atoms with Gasteiger partial charge in [0.05, 0.1) is 18.1 Å². The van der Waals surface area contributed by atoms with Crippen LogP contribution in [0.5, 0.6) is 0 Å². The topological polar surface area (TPSA) is 55.6 Å². The number of rotatable bonds is 1. The van der Waals surface area contributed by atoms with Gasteiger partial charge in [0.15, 0.2) is 0 Å². The highest BCUT2D eigenvalue weighted by atomic mass is 16.5. The van der Waals surface area contributed by atoms with Gasteiger partial charge in [0.2, 0.25) is 5.91 Å². The molecule has 0 aromatic rings. The lowest BCUT2D eigenvalue weighted by molar-refractivity contribution is -0.146. The number of nitrogens with two attached hydrogens (primary N) is 1. The highest BCUT2D eigenvalue weighted by Gasteiger charge is 2.31. The zero-order valence-corrected chi connectivity index (χ0v) is 9.93. The summed E-state index contributed by atoms with van der Waals surface area (Å²) in [5, 5.41) is 0. The molecule has 4 heteroatoms. The molecule has 2 aliphatic rings. The van der Waals surface area contributed by atoms with Crippen molar-refractivity contribution in [1.82, 2.24) is 4.90 Å². The van der Waals surface area contributed by atoms with Gasteiger partial charge in [-0.25, -0.2) is 0 Å². The fraction of sp³-hybridized carbons (Fsp3) is 0.750. The number of hydrogen-bond donors (Lipinski definition) is 1. The van der Waals surface area contributed by atoms with E-state index >= 15 is 0 Å². The van der Waals surface area contributed by atoms with Crippen LogP contribution >= 0.6 is 0 Å². The number of hydrogen-bond acceptors (Lipinski definition) is 3. The Morgan fingerprint density at radius 3 is 2.44 bits per heavy atom. The molecule has 4 unspecified atom stereocenters. The molecule has 1 fully saturated rings. The minimum atomic E-state index is -0.0208. The van der Waals surface area contributed by atoms with Gasteiger partial charge in [-0.3, -0.25) is 4.79 Å². The van der Waals surface area contributed by atoms with Crippen molar-refractivity contribution >= 4 is 5.91 Å². The van der Waals surface area contributed by atoms with Crippen molar-refractivity contribution in [2.24, 2.45) is 11.7 Å². The van der Waals surface area contributed by atoms with Gasteiger partial charge in [-0.1, -0.05) is 12.2 Å². The number of ether oxygens (including phenoxy) is 1. The second-order valence-electron chi connectivity index (χ2n) is 4.89. The van der Waals surface area contributed by atoms with Gasteiger partial charge in [0, 0.05) is 19.1 Å². The Morgan fingerprint density at radius 1 is 1.31 bits per heavy atom. The van der Waals surface area contributed by atoms with E-state index in [1.807, 2.05) is 30.9 Å². The number of carbonyl (C=O) groups is 1. The molecule has 2 rings (SSSR count). The van der Waals surface area contributed by atoms with Crippen LogP contribution in [0.1, 0.15) is 20.3 Å². The first-order valence-electron chi connectivity index (χ1n) is 5.94. The molecular formula is C12H20N2O2. The van der Waals surface area contributed by atoms with Crippen molar-refractivity contribution in [3.8, 4) is 0 Å². The molecule has 1 aliphatic heterocycles. The summed E-state index contributed by atoms with van der Waals surface area (Å²) in [6.45, 7) is 5.41. The Morgan fingerprint density at radius 2 is 1.94 bits per heavy atom. The normalized spacial score (nSPS) is 39.1. The van der Waals surface area contributed by atoms with E-state index in [-0.39, 0.29) is 30.1 Å². The third-order valence-electron chi connectivity index (χ3n) is 3.17. The molecule has 4 nitrogen and oxygen atoms in total. The van der Waals surface area contributed by atoms with E-state index < -0.39 is 0 Å². The molecule has 1 saturated heterocycles. The highest BCUT2D eigenvalue weighted by Crippen LogP contribution is 2.21. The van der Waals surface area contributed by atoms with Crippen LogP contribution in [0.3, 0.4) is 0 Å². The maximum absolute atomic E-state index is 12.2. The van der Waals surface area contributed by atoms with Crippen molar-refractivity contribution in [2.45, 2.75) is 38.5 Å². The molecule has 1 heterocycles. The number of morpholine rings is 1. The minimum absolute atomic E-state index is 0.0208. The molecule has 4 atom stereocenters. The molecule has 1 aliphatic carbocycles. The summed E-state index contributed by atoms with van der Waals surface area (Å²) in [6.07, 6.45) is 4.88. The molecule has 16 heavy (non-hydrogen) atoms. The third-order valence-corrected chi connectivity index (χ3v) is 3.17. The van der Waals surface area contributed by atoms with Crippen LogP contribution in [0.4, 0.5) is 0 Å². The van der Waals surface area contributed by atoms with Crippen LogP contribution in [0.2, 0.25) is 0 Å². The smallest absolute Gasteiger partial charge is 0.229 e. The standard InChI is InChI=1S/C12H20N2O2/c1-8-6-14(7-9(2)16-8)12(15)10-3-4-11(13)5-10/h3-4,8-11H,5-7,13H2,1-2H3. The second-order valence-corrected chi connectivity index (χ2v) is 4.89. The molecule has 0 spiro atoms. The second kappa shape index (κ2) is 4.55. The Labute approximate surface area is 96.4 Å². The monoisotopic (exact) mass is 224 g/mol. The Balaban J connectivity index is 1.96. The zero-order chi connectivity index (χ0) is 11.7. The number of nitrogens with zero attached hydrogens (tertiary/aromatic N) is 1. The van der Waals surface area contributed by atoms with Crippen LogP contribution in [0, 0.1) is 5.92 Å². The van der Waals surface area contributed by atoms with Gasteiger partial charge >= 0.3 is 0 Å². The van der Waals surface area contributed by atoms with Crippen LogP contribution in [0.15, 0.2) is 12.2 Å². The van der Waals surface area contributed by atoms with Crippen molar-refractivity contribution < 1.29 is 9.53 Å². The first-order chi connectivity index (χ1) is 7.56. The molecule has 0 aromatic carbocycles. The number of carbonyl (C=O) groups excluding carboxylic acids is 1. The predicted octanol–water partition coefficient (Wildman–Crippen LogP) is 0.526. The lowest BCUT2D eigenvalue weighted by Gasteiger charge is -2.36. The summed E-state index contributed by atoms with van der Waals surface area (Å²) in [5.41, 5.74) is 5.76. The van der Waals surface area contributed by atoms with Gasteiger partial charge in [-0.05, 0) is 20.3 Å². The SMILES string of the molecule is CC1CN(C(=O)C2C=CC(N)C2)CC(C)O1. The zero-order valence-electron chi connectivity index (χ0n) is 9.93. The van der Waals surface area contributed by atoms with Gasteiger partial charge in [0.25, 0.3) is 0 Å². The third kappa shape index (κ3) is 2.44. The summed E-state index contributed by atoms with van der Waals surface area (Å²) >= 11 is 0. The van der Waals surface area contributed by atoms with Crippen molar-refractivity contribution in [1.29, 1.82) is 0 Å². The van der Waals surface area contributed by atoms with E-state index in [2.05, 4.69) is 0 Å². The lowest BCUT2D eigenvalue weighted by atomic mass is 10.1. The average Bonchev–Trinajstić information content (AvgIpc) is 2.62. The lowest BCUT2D eigenvalue weighted by Crippen LogP contribution is -2.49. The Kier molecular flexibility index (Phi) is 3.30. The summed E-state index contributed by atoms with van der Waals surface area (Å²) < 4.78 is 5.61. The Bertz CT molecular complexity index is 293. The maximum atomic E-state index is 12.2. The number of amides is 1. The van der Waals surface area contributed by atoms with E-state index in [4.69, 9.17) is 10.5 Å².